The maximum absolute atomic E-state index is 12.2. The molecule has 1 fully saturated rings. The number of rotatable bonds is 4. The molecule has 0 radical (unpaired) electrons. The minimum Gasteiger partial charge on any atom is -0.391 e. The first-order valence-corrected chi connectivity index (χ1v) is 10.8. The molecule has 0 unspecified atom stereocenters. The van der Waals surface area contributed by atoms with Gasteiger partial charge in [-0.25, -0.2) is 21.6 Å². The van der Waals surface area contributed by atoms with Crippen molar-refractivity contribution < 1.29 is 21.9 Å². The fraction of sp³-hybridized carbons (Fsp3) is 0.600. The number of hydrogen-bond acceptors (Lipinski definition) is 6. The Kier molecular flexibility index (Phi) is 4.92. The molecule has 114 valence electrons. The van der Waals surface area contributed by atoms with Gasteiger partial charge in [-0.1, -0.05) is 0 Å². The lowest BCUT2D eigenvalue weighted by molar-refractivity contribution is 0.285. The minimum atomic E-state index is -3.71. The average molecular weight is 404 g/mol. The molecule has 2 rings (SSSR count). The van der Waals surface area contributed by atoms with E-state index in [2.05, 4.69) is 20.7 Å². The molecule has 1 aromatic rings. The van der Waals surface area contributed by atoms with Gasteiger partial charge < -0.3 is 5.11 Å². The van der Waals surface area contributed by atoms with Crippen molar-refractivity contribution in [3.63, 3.8) is 0 Å². The highest BCUT2D eigenvalue weighted by Crippen LogP contribution is 2.32. The van der Waals surface area contributed by atoms with Gasteiger partial charge in [-0.3, -0.25) is 0 Å². The van der Waals surface area contributed by atoms with E-state index in [-0.39, 0.29) is 41.9 Å². The lowest BCUT2D eigenvalue weighted by Crippen LogP contribution is -2.40. The molecule has 2 heterocycles. The van der Waals surface area contributed by atoms with Crippen molar-refractivity contribution in [3.8, 4) is 0 Å². The van der Waals surface area contributed by atoms with E-state index in [4.69, 9.17) is 5.11 Å². The Morgan fingerprint density at radius 2 is 2.00 bits per heavy atom. The SMILES string of the molecule is O=S1(=O)CCC(NS(=O)(=O)c2cc(CO)sc2Br)CC1. The Balaban J connectivity index is 2.13. The first-order chi connectivity index (χ1) is 9.23. The normalized spacial score (nSPS) is 20.1. The second kappa shape index (κ2) is 6.01. The van der Waals surface area contributed by atoms with Gasteiger partial charge in [0.15, 0.2) is 0 Å². The predicted octanol–water partition coefficient (Wildman–Crippen LogP) is 0.858. The first kappa shape index (κ1) is 16.4. The molecule has 0 bridgehead atoms. The number of sulfone groups is 1. The quantitative estimate of drug-likeness (QED) is 0.775. The molecule has 0 amide bonds. The van der Waals surface area contributed by atoms with Gasteiger partial charge in [-0.2, -0.15) is 0 Å². The standard InChI is InChI=1S/C10H14BrNO5S3/c11-10-9(5-8(6-13)18-10)20(16,17)12-7-1-3-19(14,15)4-2-7/h5,7,12-13H,1-4,6H2. The Morgan fingerprint density at radius 1 is 1.40 bits per heavy atom. The van der Waals surface area contributed by atoms with Crippen LogP contribution in [0, 0.1) is 0 Å². The zero-order valence-corrected chi connectivity index (χ0v) is 14.4. The third-order valence-electron chi connectivity index (χ3n) is 3.03. The number of sulfonamides is 1. The van der Waals surface area contributed by atoms with Crippen LogP contribution in [0.25, 0.3) is 0 Å². The predicted molar refractivity (Wildman–Crippen MR) is 79.9 cm³/mol. The lowest BCUT2D eigenvalue weighted by Gasteiger charge is -2.22. The fourth-order valence-corrected chi connectivity index (χ4v) is 7.29. The Labute approximate surface area is 130 Å². The fourth-order valence-electron chi connectivity index (χ4n) is 1.95. The van der Waals surface area contributed by atoms with Gasteiger partial charge in [0.25, 0.3) is 0 Å². The van der Waals surface area contributed by atoms with E-state index in [0.29, 0.717) is 8.66 Å². The van der Waals surface area contributed by atoms with Crippen molar-refractivity contribution in [2.24, 2.45) is 0 Å². The summed E-state index contributed by atoms with van der Waals surface area (Å²) < 4.78 is 50.1. The zero-order valence-electron chi connectivity index (χ0n) is 10.4. The monoisotopic (exact) mass is 403 g/mol. The Bertz CT molecular complexity index is 680. The molecule has 1 aliphatic rings. The number of aliphatic hydroxyl groups is 1. The van der Waals surface area contributed by atoms with Crippen LogP contribution in [0.1, 0.15) is 17.7 Å². The second-order valence-corrected chi connectivity index (χ2v) is 11.0. The van der Waals surface area contributed by atoms with Crippen LogP contribution in [-0.2, 0) is 26.5 Å². The summed E-state index contributed by atoms with van der Waals surface area (Å²) in [5, 5.41) is 9.03. The Morgan fingerprint density at radius 3 is 2.50 bits per heavy atom. The number of thiophene rings is 1. The van der Waals surface area contributed by atoms with Crippen LogP contribution in [0.5, 0.6) is 0 Å². The molecule has 1 aromatic heterocycles. The van der Waals surface area contributed by atoms with Gasteiger partial charge in [0, 0.05) is 10.9 Å². The van der Waals surface area contributed by atoms with Crippen molar-refractivity contribution in [3.05, 3.63) is 14.7 Å². The first-order valence-electron chi connectivity index (χ1n) is 5.85. The molecule has 0 atom stereocenters. The third-order valence-corrected chi connectivity index (χ3v) is 8.50. The average Bonchev–Trinajstić information content (AvgIpc) is 2.74. The maximum atomic E-state index is 12.2. The van der Waals surface area contributed by atoms with Gasteiger partial charge >= 0.3 is 0 Å². The summed E-state index contributed by atoms with van der Waals surface area (Å²) >= 11 is 4.32. The molecule has 2 N–H and O–H groups in total. The van der Waals surface area contributed by atoms with E-state index in [1.807, 2.05) is 0 Å². The van der Waals surface area contributed by atoms with E-state index < -0.39 is 19.9 Å². The van der Waals surface area contributed by atoms with E-state index in [9.17, 15) is 16.8 Å². The molecule has 1 saturated heterocycles. The van der Waals surface area contributed by atoms with Crippen LogP contribution in [-0.4, -0.2) is 39.5 Å². The summed E-state index contributed by atoms with van der Waals surface area (Å²) in [7, 11) is -6.73. The maximum Gasteiger partial charge on any atom is 0.242 e. The molecular formula is C10H14BrNO5S3. The summed E-state index contributed by atoms with van der Waals surface area (Å²) in [6.07, 6.45) is 0.576. The van der Waals surface area contributed by atoms with E-state index in [1.54, 1.807) is 0 Å². The summed E-state index contributed by atoms with van der Waals surface area (Å²) in [6, 6.07) is 1.05. The van der Waals surface area contributed by atoms with Crippen molar-refractivity contribution in [1.29, 1.82) is 0 Å². The number of halogens is 1. The van der Waals surface area contributed by atoms with E-state index in [0.717, 1.165) is 11.3 Å². The number of nitrogens with one attached hydrogen (secondary N) is 1. The van der Waals surface area contributed by atoms with E-state index in [1.165, 1.54) is 6.07 Å². The molecule has 0 spiro atoms. The largest absolute Gasteiger partial charge is 0.391 e. The number of hydrogen-bond donors (Lipinski definition) is 2. The van der Waals surface area contributed by atoms with Crippen molar-refractivity contribution in [2.75, 3.05) is 11.5 Å². The molecule has 20 heavy (non-hydrogen) atoms. The highest BCUT2D eigenvalue weighted by molar-refractivity contribution is 9.11. The van der Waals surface area contributed by atoms with Crippen LogP contribution in [0.15, 0.2) is 14.7 Å². The molecular weight excluding hydrogens is 390 g/mol. The van der Waals surface area contributed by atoms with Crippen LogP contribution < -0.4 is 4.72 Å². The third kappa shape index (κ3) is 3.80. The van der Waals surface area contributed by atoms with Gasteiger partial charge in [-0.05, 0) is 34.8 Å². The van der Waals surface area contributed by atoms with Crippen molar-refractivity contribution >= 4 is 47.1 Å². The van der Waals surface area contributed by atoms with Crippen molar-refractivity contribution in [1.82, 2.24) is 4.72 Å². The second-order valence-electron chi connectivity index (χ2n) is 4.56. The molecule has 0 saturated carbocycles. The van der Waals surface area contributed by atoms with Crippen LogP contribution >= 0.6 is 27.3 Å². The van der Waals surface area contributed by atoms with Gasteiger partial charge in [0.2, 0.25) is 10.0 Å². The van der Waals surface area contributed by atoms with Crippen LogP contribution in [0.4, 0.5) is 0 Å². The highest BCUT2D eigenvalue weighted by Gasteiger charge is 2.29. The zero-order chi connectivity index (χ0) is 15.0. The Hall–Kier alpha value is -0.000000000000000222. The molecule has 10 heteroatoms. The summed E-state index contributed by atoms with van der Waals surface area (Å²) in [6.45, 7) is -0.222. The smallest absolute Gasteiger partial charge is 0.242 e. The highest BCUT2D eigenvalue weighted by atomic mass is 79.9. The summed E-state index contributed by atoms with van der Waals surface area (Å²) in [4.78, 5) is 0.628. The summed E-state index contributed by atoms with van der Waals surface area (Å²) in [5.74, 6) is 0.0137. The van der Waals surface area contributed by atoms with Gasteiger partial charge in [0.1, 0.15) is 14.7 Å². The molecule has 0 aromatic carbocycles. The minimum absolute atomic E-state index is 0.00683. The summed E-state index contributed by atoms with van der Waals surface area (Å²) in [5.41, 5.74) is 0. The van der Waals surface area contributed by atoms with Gasteiger partial charge in [0.05, 0.1) is 21.9 Å². The van der Waals surface area contributed by atoms with Crippen molar-refractivity contribution in [2.45, 2.75) is 30.4 Å². The van der Waals surface area contributed by atoms with Crippen LogP contribution in [0.3, 0.4) is 0 Å². The van der Waals surface area contributed by atoms with Crippen LogP contribution in [0.2, 0.25) is 0 Å². The number of aliphatic hydroxyl groups excluding tert-OH is 1. The molecule has 1 aliphatic heterocycles. The topological polar surface area (TPSA) is 101 Å². The van der Waals surface area contributed by atoms with Gasteiger partial charge in [-0.15, -0.1) is 11.3 Å². The molecule has 0 aliphatic carbocycles. The van der Waals surface area contributed by atoms with E-state index >= 15 is 0 Å². The molecule has 6 nitrogen and oxygen atoms in total. The lowest BCUT2D eigenvalue weighted by atomic mass is 10.2.